The topological polar surface area (TPSA) is 140 Å². The summed E-state index contributed by atoms with van der Waals surface area (Å²) in [7, 11) is -20.1. The standard InChI is InChI=1S/C2HF6N2O7PS2/c3-1(4,5)19(12,13)16-18(11,10-9)17-20(14,15)2(6,7)8/h9H. The Labute approximate surface area is 106 Å². The smallest absolute Gasteiger partial charge is 0.229 e. The van der Waals surface area contributed by atoms with Crippen molar-refractivity contribution in [2.75, 3.05) is 0 Å². The molecule has 0 aliphatic heterocycles. The van der Waals surface area contributed by atoms with Gasteiger partial charge < -0.3 is 0 Å². The third-order valence-corrected chi connectivity index (χ3v) is 5.53. The van der Waals surface area contributed by atoms with Gasteiger partial charge in [-0.05, 0) is 0 Å². The lowest BCUT2D eigenvalue weighted by Crippen LogP contribution is -2.28. The molecule has 120 valence electrons. The molecule has 0 aromatic carbocycles. The van der Waals surface area contributed by atoms with Crippen molar-refractivity contribution in [1.29, 1.82) is 5.53 Å². The van der Waals surface area contributed by atoms with Crippen molar-refractivity contribution in [3.8, 4) is 0 Å². The normalized spacial score (nSPS) is 15.1. The van der Waals surface area contributed by atoms with E-state index >= 15 is 0 Å². The lowest BCUT2D eigenvalue weighted by Gasteiger charge is -2.14. The summed E-state index contributed by atoms with van der Waals surface area (Å²) >= 11 is 0. The van der Waals surface area contributed by atoms with Crippen LogP contribution in [-0.4, -0.2) is 27.9 Å². The highest BCUT2D eigenvalue weighted by Gasteiger charge is 2.57. The fourth-order valence-corrected chi connectivity index (χ4v) is 3.63. The number of hydrogen-bond donors (Lipinski definition) is 1. The third kappa shape index (κ3) is 4.37. The quantitative estimate of drug-likeness (QED) is 0.335. The van der Waals surface area contributed by atoms with Crippen LogP contribution in [0, 0.1) is 5.53 Å². The maximum Gasteiger partial charge on any atom is 0.523 e. The predicted octanol–water partition coefficient (Wildman–Crippen LogP) is 1.86. The Hall–Kier alpha value is -0.770. The minimum absolute atomic E-state index is 1.42. The Morgan fingerprint density at radius 1 is 0.850 bits per heavy atom. The van der Waals surface area contributed by atoms with Gasteiger partial charge in [0.05, 0.1) is 0 Å². The van der Waals surface area contributed by atoms with Gasteiger partial charge in [0.1, 0.15) is 0 Å². The largest absolute Gasteiger partial charge is 0.523 e. The van der Waals surface area contributed by atoms with Crippen LogP contribution in [0.2, 0.25) is 0 Å². The van der Waals surface area contributed by atoms with Crippen LogP contribution < -0.4 is 0 Å². The molecule has 1 N–H and O–H groups in total. The Morgan fingerprint density at radius 3 is 1.25 bits per heavy atom. The summed E-state index contributed by atoms with van der Waals surface area (Å²) < 4.78 is 128. The molecular weight excluding hydrogens is 373 g/mol. The highest BCUT2D eigenvalue weighted by atomic mass is 32.2. The zero-order valence-electron chi connectivity index (χ0n) is 8.34. The molecule has 0 aliphatic carbocycles. The van der Waals surface area contributed by atoms with E-state index < -0.39 is 39.0 Å². The summed E-state index contributed by atoms with van der Waals surface area (Å²) in [5, 5.41) is 0. The van der Waals surface area contributed by atoms with E-state index in [2.05, 4.69) is 7.94 Å². The van der Waals surface area contributed by atoms with E-state index in [0.717, 1.165) is 0 Å². The second-order valence-electron chi connectivity index (χ2n) is 2.52. The maximum absolute atomic E-state index is 11.8. The lowest BCUT2D eigenvalue weighted by atomic mass is 11.6. The summed E-state index contributed by atoms with van der Waals surface area (Å²) in [6.07, 6.45) is 0. The lowest BCUT2D eigenvalue weighted by molar-refractivity contribution is -0.0520. The summed E-state index contributed by atoms with van der Waals surface area (Å²) in [6, 6.07) is 0. The molecule has 0 heterocycles. The van der Waals surface area contributed by atoms with Crippen molar-refractivity contribution in [1.82, 2.24) is 0 Å². The fraction of sp³-hybridized carbons (Fsp3) is 1.00. The SMILES string of the molecule is N=NP(=O)(OS(=O)(=O)C(F)(F)F)OS(=O)(=O)C(F)(F)F. The molecule has 0 spiro atoms. The zero-order valence-corrected chi connectivity index (χ0v) is 10.9. The summed E-state index contributed by atoms with van der Waals surface area (Å²) in [5.41, 5.74) is -6.56. The van der Waals surface area contributed by atoms with E-state index in [-0.39, 0.29) is 0 Å². The van der Waals surface area contributed by atoms with Crippen molar-refractivity contribution >= 4 is 28.0 Å². The molecule has 0 unspecified atom stereocenters. The summed E-state index contributed by atoms with van der Waals surface area (Å²) in [4.78, 5) is 1.42. The van der Waals surface area contributed by atoms with Gasteiger partial charge in [0.15, 0.2) is 0 Å². The minimum atomic E-state index is -6.82. The minimum Gasteiger partial charge on any atom is -0.229 e. The molecule has 18 heteroatoms. The van der Waals surface area contributed by atoms with E-state index in [9.17, 15) is 47.7 Å². The summed E-state index contributed by atoms with van der Waals surface area (Å²) in [5.74, 6) is 0. The van der Waals surface area contributed by atoms with Crippen molar-refractivity contribution in [2.45, 2.75) is 11.0 Å². The average Bonchev–Trinajstić information content (AvgIpc) is 2.11. The monoisotopic (exact) mass is 374 g/mol. The first-order valence-electron chi connectivity index (χ1n) is 3.51. The second-order valence-corrected chi connectivity index (χ2v) is 7.59. The van der Waals surface area contributed by atoms with E-state index in [1.165, 1.54) is 4.88 Å². The molecule has 0 atom stereocenters. The van der Waals surface area contributed by atoms with Crippen molar-refractivity contribution in [2.24, 2.45) is 4.88 Å². The van der Waals surface area contributed by atoms with Crippen LogP contribution >= 0.6 is 7.75 Å². The van der Waals surface area contributed by atoms with Crippen LogP contribution in [0.4, 0.5) is 26.3 Å². The number of rotatable bonds is 5. The molecule has 0 amide bonds. The van der Waals surface area contributed by atoms with E-state index in [4.69, 9.17) is 5.53 Å². The van der Waals surface area contributed by atoms with E-state index in [0.29, 0.717) is 0 Å². The van der Waals surface area contributed by atoms with Crippen LogP contribution in [-0.2, 0) is 32.7 Å². The van der Waals surface area contributed by atoms with Crippen molar-refractivity contribution in [3.63, 3.8) is 0 Å². The molecule has 20 heavy (non-hydrogen) atoms. The summed E-state index contributed by atoms with van der Waals surface area (Å²) in [6.45, 7) is 0. The Morgan fingerprint density at radius 2 is 1.10 bits per heavy atom. The van der Waals surface area contributed by atoms with Crippen LogP contribution in [0.5, 0.6) is 0 Å². The Kier molecular flexibility index (Phi) is 5.01. The van der Waals surface area contributed by atoms with Crippen LogP contribution in [0.25, 0.3) is 0 Å². The second kappa shape index (κ2) is 5.21. The molecule has 0 rings (SSSR count). The fourth-order valence-electron chi connectivity index (χ4n) is 0.378. The van der Waals surface area contributed by atoms with Crippen LogP contribution in [0.1, 0.15) is 0 Å². The first-order chi connectivity index (χ1) is 8.47. The van der Waals surface area contributed by atoms with Gasteiger partial charge in [-0.25, -0.2) is 4.57 Å². The van der Waals surface area contributed by atoms with Gasteiger partial charge in [-0.15, -0.1) is 0 Å². The molecule has 0 bridgehead atoms. The van der Waals surface area contributed by atoms with Gasteiger partial charge in [0, 0.05) is 0 Å². The molecule has 0 fully saturated rings. The molecule has 0 saturated carbocycles. The number of nitrogens with zero attached hydrogens (tertiary/aromatic N) is 1. The van der Waals surface area contributed by atoms with E-state index in [1.807, 2.05) is 0 Å². The Bertz CT molecular complexity index is 581. The highest BCUT2D eigenvalue weighted by Crippen LogP contribution is 2.56. The van der Waals surface area contributed by atoms with Gasteiger partial charge in [-0.1, -0.05) is 4.88 Å². The van der Waals surface area contributed by atoms with Gasteiger partial charge >= 0.3 is 39.0 Å². The third-order valence-electron chi connectivity index (χ3n) is 1.07. The number of halogens is 6. The van der Waals surface area contributed by atoms with Gasteiger partial charge in [-0.3, -0.25) is 0 Å². The first kappa shape index (κ1) is 19.2. The molecule has 9 nitrogen and oxygen atoms in total. The van der Waals surface area contributed by atoms with Crippen molar-refractivity contribution < 1.29 is 55.7 Å². The molecule has 0 aromatic heterocycles. The first-order valence-corrected chi connectivity index (χ1v) is 7.83. The van der Waals surface area contributed by atoms with Crippen LogP contribution in [0.15, 0.2) is 4.88 Å². The number of nitrogens with one attached hydrogen (secondary N) is 1. The van der Waals surface area contributed by atoms with Gasteiger partial charge in [-0.2, -0.15) is 56.6 Å². The van der Waals surface area contributed by atoms with Crippen LogP contribution in [0.3, 0.4) is 0 Å². The number of hydrogen-bond acceptors (Lipinski definition) is 8. The molecule has 0 aromatic rings. The average molecular weight is 374 g/mol. The van der Waals surface area contributed by atoms with Gasteiger partial charge in [0.2, 0.25) is 0 Å². The number of alkyl halides is 6. The molecule has 0 aliphatic rings. The predicted molar refractivity (Wildman–Crippen MR) is 44.9 cm³/mol. The zero-order chi connectivity index (χ0) is 16.6. The van der Waals surface area contributed by atoms with E-state index in [1.54, 1.807) is 0 Å². The molecule has 0 saturated heterocycles. The van der Waals surface area contributed by atoms with Crippen molar-refractivity contribution in [3.05, 3.63) is 0 Å². The highest BCUT2D eigenvalue weighted by molar-refractivity contribution is 7.95. The molecular formula is C2HF6N2O7PS2. The Balaban J connectivity index is 5.61. The maximum atomic E-state index is 11.8. The molecule has 0 radical (unpaired) electrons. The van der Waals surface area contributed by atoms with Gasteiger partial charge in [0.25, 0.3) is 0 Å².